The van der Waals surface area contributed by atoms with Crippen LogP contribution in [0.3, 0.4) is 0 Å². The zero-order valence-corrected chi connectivity index (χ0v) is 12.3. The van der Waals surface area contributed by atoms with Gasteiger partial charge in [-0.15, -0.1) is 0 Å². The monoisotopic (exact) mass is 287 g/mol. The molecule has 1 rings (SSSR count). The van der Waals surface area contributed by atoms with Crippen molar-refractivity contribution in [2.75, 3.05) is 7.11 Å². The lowest BCUT2D eigenvalue weighted by Gasteiger charge is -2.24. The molecular formula is C14H19ClFNO2. The molecule has 2 atom stereocenters. The van der Waals surface area contributed by atoms with E-state index in [2.05, 4.69) is 5.32 Å². The van der Waals surface area contributed by atoms with Gasteiger partial charge in [0.1, 0.15) is 11.9 Å². The van der Waals surface area contributed by atoms with Gasteiger partial charge in [-0.25, -0.2) is 4.39 Å². The maximum absolute atomic E-state index is 13.4. The van der Waals surface area contributed by atoms with E-state index in [1.165, 1.54) is 19.2 Å². The van der Waals surface area contributed by atoms with Gasteiger partial charge in [-0.05, 0) is 30.5 Å². The molecular weight excluding hydrogens is 269 g/mol. The van der Waals surface area contributed by atoms with Gasteiger partial charge < -0.3 is 4.74 Å². The fourth-order valence-electron chi connectivity index (χ4n) is 1.81. The standard InChI is InChI=1S/C14H19ClFNO2/c1-8(2)13(14(18)19-4)17-9(3)10-5-6-11(15)12(16)7-10/h5-9,13,17H,1-4H3/t9?,13-/m0/s1. The minimum absolute atomic E-state index is 0.0760. The number of hydrogen-bond donors (Lipinski definition) is 1. The molecule has 1 N–H and O–H groups in total. The number of rotatable bonds is 5. The molecule has 19 heavy (non-hydrogen) atoms. The van der Waals surface area contributed by atoms with Gasteiger partial charge in [0.2, 0.25) is 0 Å². The number of ether oxygens (including phenoxy) is 1. The third-order valence-corrected chi connectivity index (χ3v) is 3.30. The first-order valence-corrected chi connectivity index (χ1v) is 6.53. The second kappa shape index (κ2) is 6.87. The van der Waals surface area contributed by atoms with Crippen LogP contribution in [-0.2, 0) is 9.53 Å². The van der Waals surface area contributed by atoms with E-state index in [4.69, 9.17) is 16.3 Å². The molecule has 1 aromatic rings. The van der Waals surface area contributed by atoms with Crippen LogP contribution in [0.4, 0.5) is 4.39 Å². The van der Waals surface area contributed by atoms with Crippen molar-refractivity contribution in [1.29, 1.82) is 0 Å². The van der Waals surface area contributed by atoms with Crippen LogP contribution in [-0.4, -0.2) is 19.1 Å². The molecule has 5 heteroatoms. The number of esters is 1. The molecule has 1 aromatic carbocycles. The van der Waals surface area contributed by atoms with Gasteiger partial charge in [0.25, 0.3) is 0 Å². The van der Waals surface area contributed by atoms with Crippen molar-refractivity contribution in [3.63, 3.8) is 0 Å². The maximum Gasteiger partial charge on any atom is 0.323 e. The van der Waals surface area contributed by atoms with Gasteiger partial charge in [0.05, 0.1) is 12.1 Å². The molecule has 0 aliphatic carbocycles. The Morgan fingerprint density at radius 1 is 1.37 bits per heavy atom. The van der Waals surface area contributed by atoms with Crippen LogP contribution in [0.25, 0.3) is 0 Å². The van der Waals surface area contributed by atoms with Gasteiger partial charge in [-0.2, -0.15) is 0 Å². The molecule has 0 saturated carbocycles. The van der Waals surface area contributed by atoms with Crippen LogP contribution in [0.1, 0.15) is 32.4 Å². The fourth-order valence-corrected chi connectivity index (χ4v) is 1.92. The quantitative estimate of drug-likeness (QED) is 0.844. The summed E-state index contributed by atoms with van der Waals surface area (Å²) < 4.78 is 18.2. The summed E-state index contributed by atoms with van der Waals surface area (Å²) in [5.41, 5.74) is 0.733. The first kappa shape index (κ1) is 15.9. The molecule has 0 aliphatic heterocycles. The van der Waals surface area contributed by atoms with Gasteiger partial charge in [-0.3, -0.25) is 10.1 Å². The molecule has 3 nitrogen and oxygen atoms in total. The van der Waals surface area contributed by atoms with Crippen molar-refractivity contribution in [2.24, 2.45) is 5.92 Å². The van der Waals surface area contributed by atoms with Crippen molar-refractivity contribution in [3.05, 3.63) is 34.6 Å². The molecule has 0 bridgehead atoms. The van der Waals surface area contributed by atoms with E-state index < -0.39 is 11.9 Å². The van der Waals surface area contributed by atoms with Crippen molar-refractivity contribution in [1.82, 2.24) is 5.32 Å². The molecule has 0 aromatic heterocycles. The molecule has 0 amide bonds. The van der Waals surface area contributed by atoms with Gasteiger partial charge in [-0.1, -0.05) is 31.5 Å². The van der Waals surface area contributed by atoms with Crippen LogP contribution in [0.5, 0.6) is 0 Å². The number of methoxy groups -OCH3 is 1. The van der Waals surface area contributed by atoms with Crippen LogP contribution in [0, 0.1) is 11.7 Å². The van der Waals surface area contributed by atoms with Crippen molar-refractivity contribution >= 4 is 17.6 Å². The third kappa shape index (κ3) is 4.18. The van der Waals surface area contributed by atoms with Crippen molar-refractivity contribution < 1.29 is 13.9 Å². The first-order valence-electron chi connectivity index (χ1n) is 6.15. The van der Waals surface area contributed by atoms with E-state index in [0.717, 1.165) is 5.56 Å². The predicted octanol–water partition coefficient (Wildman–Crippen LogP) is 3.33. The zero-order chi connectivity index (χ0) is 14.6. The highest BCUT2D eigenvalue weighted by Gasteiger charge is 2.25. The Labute approximate surface area is 118 Å². The Bertz CT molecular complexity index is 451. The minimum atomic E-state index is -0.466. The first-order chi connectivity index (χ1) is 8.86. The Morgan fingerprint density at radius 3 is 2.47 bits per heavy atom. The Kier molecular flexibility index (Phi) is 5.76. The lowest BCUT2D eigenvalue weighted by molar-refractivity contribution is -0.144. The van der Waals surface area contributed by atoms with Crippen LogP contribution in [0.2, 0.25) is 5.02 Å². The van der Waals surface area contributed by atoms with Crippen LogP contribution in [0.15, 0.2) is 18.2 Å². The van der Waals surface area contributed by atoms with E-state index in [0.29, 0.717) is 0 Å². The average Bonchev–Trinajstić information content (AvgIpc) is 2.37. The predicted molar refractivity (Wildman–Crippen MR) is 73.6 cm³/mol. The highest BCUT2D eigenvalue weighted by Crippen LogP contribution is 2.21. The zero-order valence-electron chi connectivity index (χ0n) is 11.5. The highest BCUT2D eigenvalue weighted by molar-refractivity contribution is 6.30. The summed E-state index contributed by atoms with van der Waals surface area (Å²) in [7, 11) is 1.35. The lowest BCUT2D eigenvalue weighted by Crippen LogP contribution is -2.42. The van der Waals surface area contributed by atoms with Crippen LogP contribution < -0.4 is 5.32 Å². The summed E-state index contributed by atoms with van der Waals surface area (Å²) in [6.45, 7) is 5.70. The number of benzene rings is 1. The number of carbonyl (C=O) groups is 1. The number of hydrogen-bond acceptors (Lipinski definition) is 3. The maximum atomic E-state index is 13.4. The minimum Gasteiger partial charge on any atom is -0.468 e. The van der Waals surface area contributed by atoms with E-state index in [1.807, 2.05) is 20.8 Å². The molecule has 0 fully saturated rings. The second-order valence-corrected chi connectivity index (χ2v) is 5.21. The van der Waals surface area contributed by atoms with Gasteiger partial charge in [0.15, 0.2) is 0 Å². The largest absolute Gasteiger partial charge is 0.468 e. The molecule has 0 radical (unpaired) electrons. The summed E-state index contributed by atoms with van der Waals surface area (Å²) in [5, 5.41) is 3.23. The normalized spacial score (nSPS) is 14.3. The van der Waals surface area contributed by atoms with E-state index in [-0.39, 0.29) is 23.0 Å². The Balaban J connectivity index is 2.84. The third-order valence-electron chi connectivity index (χ3n) is 3.00. The average molecular weight is 288 g/mol. The topological polar surface area (TPSA) is 38.3 Å². The summed E-state index contributed by atoms with van der Waals surface area (Å²) in [6, 6.07) is 4.00. The summed E-state index contributed by atoms with van der Waals surface area (Å²) in [5.74, 6) is -0.713. The number of halogens is 2. The SMILES string of the molecule is COC(=O)[C@@H](NC(C)c1ccc(Cl)c(F)c1)C(C)C. The van der Waals surface area contributed by atoms with Crippen molar-refractivity contribution in [3.8, 4) is 0 Å². The van der Waals surface area contributed by atoms with E-state index in [9.17, 15) is 9.18 Å². The highest BCUT2D eigenvalue weighted by atomic mass is 35.5. The lowest BCUT2D eigenvalue weighted by atomic mass is 10.0. The fraction of sp³-hybridized carbons (Fsp3) is 0.500. The molecule has 0 heterocycles. The van der Waals surface area contributed by atoms with Gasteiger partial charge in [0, 0.05) is 6.04 Å². The second-order valence-electron chi connectivity index (χ2n) is 4.81. The molecule has 106 valence electrons. The Hall–Kier alpha value is -1.13. The summed E-state index contributed by atoms with van der Waals surface area (Å²) in [6.07, 6.45) is 0. The van der Waals surface area contributed by atoms with Crippen molar-refractivity contribution in [2.45, 2.75) is 32.9 Å². The summed E-state index contributed by atoms with van der Waals surface area (Å²) in [4.78, 5) is 11.7. The molecule has 0 aliphatic rings. The molecule has 0 spiro atoms. The smallest absolute Gasteiger partial charge is 0.323 e. The molecule has 0 saturated heterocycles. The Morgan fingerprint density at radius 2 is 2.00 bits per heavy atom. The number of nitrogens with one attached hydrogen (secondary N) is 1. The van der Waals surface area contributed by atoms with E-state index in [1.54, 1.807) is 6.07 Å². The summed E-state index contributed by atoms with van der Waals surface area (Å²) >= 11 is 5.64. The van der Waals surface area contributed by atoms with Gasteiger partial charge >= 0.3 is 5.97 Å². The van der Waals surface area contributed by atoms with E-state index >= 15 is 0 Å². The van der Waals surface area contributed by atoms with Crippen LogP contribution >= 0.6 is 11.6 Å². The number of carbonyl (C=O) groups excluding carboxylic acids is 1. The molecule has 1 unspecified atom stereocenters.